The normalized spacial score (nSPS) is 15.8. The summed E-state index contributed by atoms with van der Waals surface area (Å²) in [7, 11) is -3.90. The van der Waals surface area contributed by atoms with E-state index in [9.17, 15) is 8.42 Å². The molecule has 5 rings (SSSR count). The van der Waals surface area contributed by atoms with Crippen LogP contribution in [0.1, 0.15) is 0 Å². The van der Waals surface area contributed by atoms with Gasteiger partial charge >= 0.3 is 0 Å². The SMILES string of the molecule is O=CO.O=S(=O)(c1cccc2c1OCCO2)n1cc(N2CCNCC2)c2ncccc21. The number of hydrogen-bond donors (Lipinski definition) is 2. The van der Waals surface area contributed by atoms with E-state index < -0.39 is 10.0 Å². The molecule has 4 heterocycles. The van der Waals surface area contributed by atoms with Crippen molar-refractivity contribution < 1.29 is 27.8 Å². The molecular formula is C20H22N4O6S. The smallest absolute Gasteiger partial charge is 0.290 e. The second-order valence-electron chi connectivity index (χ2n) is 6.81. The number of carbonyl (C=O) groups is 1. The fourth-order valence-electron chi connectivity index (χ4n) is 3.71. The summed E-state index contributed by atoms with van der Waals surface area (Å²) < 4.78 is 39.7. The zero-order valence-corrected chi connectivity index (χ0v) is 17.4. The third-order valence-corrected chi connectivity index (χ3v) is 6.73. The Kier molecular flexibility index (Phi) is 5.96. The van der Waals surface area contributed by atoms with Gasteiger partial charge in [0.25, 0.3) is 16.5 Å². The summed E-state index contributed by atoms with van der Waals surface area (Å²) in [6.45, 7) is 3.77. The lowest BCUT2D eigenvalue weighted by Gasteiger charge is -2.28. The molecule has 0 amide bonds. The first-order valence-corrected chi connectivity index (χ1v) is 11.2. The second kappa shape index (κ2) is 8.82. The number of nitrogens with zero attached hydrogens (tertiary/aromatic N) is 3. The van der Waals surface area contributed by atoms with Gasteiger partial charge < -0.3 is 24.8 Å². The molecule has 0 aliphatic carbocycles. The third kappa shape index (κ3) is 3.89. The molecule has 0 atom stereocenters. The summed E-state index contributed by atoms with van der Waals surface area (Å²) in [6.07, 6.45) is 3.35. The lowest BCUT2D eigenvalue weighted by atomic mass is 10.3. The van der Waals surface area contributed by atoms with Crippen molar-refractivity contribution in [3.8, 4) is 11.5 Å². The number of anilines is 1. The Balaban J connectivity index is 0.000000730. The average molecular weight is 446 g/mol. The summed E-state index contributed by atoms with van der Waals surface area (Å²) >= 11 is 0. The monoisotopic (exact) mass is 446 g/mol. The first-order chi connectivity index (χ1) is 15.1. The summed E-state index contributed by atoms with van der Waals surface area (Å²) in [4.78, 5) is 15.1. The minimum absolute atomic E-state index is 0.0947. The molecule has 2 aliphatic rings. The zero-order chi connectivity index (χ0) is 21.8. The van der Waals surface area contributed by atoms with Gasteiger partial charge in [-0.1, -0.05) is 6.07 Å². The van der Waals surface area contributed by atoms with Crippen LogP contribution in [0, 0.1) is 0 Å². The molecule has 2 aliphatic heterocycles. The Morgan fingerprint density at radius 3 is 2.61 bits per heavy atom. The molecule has 164 valence electrons. The van der Waals surface area contributed by atoms with Crippen molar-refractivity contribution in [2.75, 3.05) is 44.3 Å². The van der Waals surface area contributed by atoms with E-state index in [0.29, 0.717) is 30.0 Å². The predicted molar refractivity (Wildman–Crippen MR) is 114 cm³/mol. The summed E-state index contributed by atoms with van der Waals surface area (Å²) in [5.41, 5.74) is 2.04. The first kappa shape index (κ1) is 20.9. The fourth-order valence-corrected chi connectivity index (χ4v) is 5.21. The molecular weight excluding hydrogens is 424 g/mol. The third-order valence-electron chi connectivity index (χ3n) is 5.03. The number of carboxylic acid groups (broad SMARTS) is 1. The highest BCUT2D eigenvalue weighted by Crippen LogP contribution is 2.39. The van der Waals surface area contributed by atoms with Gasteiger partial charge in [-0.3, -0.25) is 9.78 Å². The van der Waals surface area contributed by atoms with Crippen molar-refractivity contribution in [1.29, 1.82) is 0 Å². The molecule has 1 saturated heterocycles. The molecule has 31 heavy (non-hydrogen) atoms. The molecule has 0 spiro atoms. The van der Waals surface area contributed by atoms with Crippen molar-refractivity contribution in [1.82, 2.24) is 14.3 Å². The molecule has 1 fully saturated rings. The van der Waals surface area contributed by atoms with Crippen molar-refractivity contribution in [3.05, 3.63) is 42.7 Å². The molecule has 10 nitrogen and oxygen atoms in total. The second-order valence-corrected chi connectivity index (χ2v) is 8.59. The summed E-state index contributed by atoms with van der Waals surface area (Å²) in [5, 5.41) is 10.2. The average Bonchev–Trinajstić information content (AvgIpc) is 3.20. The van der Waals surface area contributed by atoms with Crippen LogP contribution in [0.5, 0.6) is 11.5 Å². The topological polar surface area (TPSA) is 123 Å². The number of rotatable bonds is 3. The quantitative estimate of drug-likeness (QED) is 0.571. The number of hydrogen-bond acceptors (Lipinski definition) is 8. The number of benzene rings is 1. The lowest BCUT2D eigenvalue weighted by Crippen LogP contribution is -2.43. The van der Waals surface area contributed by atoms with E-state index in [1.54, 1.807) is 42.7 Å². The molecule has 3 aromatic rings. The van der Waals surface area contributed by atoms with Gasteiger partial charge in [0.15, 0.2) is 11.5 Å². The predicted octanol–water partition coefficient (Wildman–Crippen LogP) is 1.15. The van der Waals surface area contributed by atoms with Gasteiger partial charge in [-0.2, -0.15) is 0 Å². The van der Waals surface area contributed by atoms with Crippen LogP contribution in [0.15, 0.2) is 47.6 Å². The number of para-hydroxylation sites is 1. The van der Waals surface area contributed by atoms with Crippen molar-refractivity contribution in [3.63, 3.8) is 0 Å². The van der Waals surface area contributed by atoms with Crippen LogP contribution >= 0.6 is 0 Å². The standard InChI is InChI=1S/C19H20N4O4S.CH2O2/c24-28(25,17-5-1-4-16-19(17)27-12-11-26-16)23-13-15(22-9-7-20-8-10-22)18-14(23)3-2-6-21-18;2-1-3/h1-6,13,20H,7-12H2;1H,(H,2,3). The van der Waals surface area contributed by atoms with Gasteiger partial charge in [-0.15, -0.1) is 0 Å². The Morgan fingerprint density at radius 2 is 1.84 bits per heavy atom. The Morgan fingerprint density at radius 1 is 1.10 bits per heavy atom. The summed E-state index contributed by atoms with van der Waals surface area (Å²) in [5.74, 6) is 0.715. The number of nitrogens with one attached hydrogen (secondary N) is 1. The van der Waals surface area contributed by atoms with Gasteiger partial charge in [0.05, 0.1) is 11.2 Å². The van der Waals surface area contributed by atoms with Gasteiger partial charge in [-0.05, 0) is 24.3 Å². The van der Waals surface area contributed by atoms with E-state index in [1.807, 2.05) is 0 Å². The highest BCUT2D eigenvalue weighted by Gasteiger charge is 2.29. The van der Waals surface area contributed by atoms with Crippen LogP contribution in [0.4, 0.5) is 5.69 Å². The lowest BCUT2D eigenvalue weighted by molar-refractivity contribution is -0.122. The number of fused-ring (bicyclic) bond motifs is 2. The van der Waals surface area contributed by atoms with E-state index >= 15 is 0 Å². The number of pyridine rings is 1. The number of aromatic nitrogens is 2. The maximum atomic E-state index is 13.6. The van der Waals surface area contributed by atoms with Crippen molar-refractivity contribution in [2.45, 2.75) is 4.90 Å². The van der Waals surface area contributed by atoms with Crippen LogP contribution in [-0.2, 0) is 14.8 Å². The minimum atomic E-state index is -3.90. The van der Waals surface area contributed by atoms with E-state index in [4.69, 9.17) is 19.4 Å². The van der Waals surface area contributed by atoms with Crippen molar-refractivity contribution >= 4 is 33.2 Å². The molecule has 0 bridgehead atoms. The summed E-state index contributed by atoms with van der Waals surface area (Å²) in [6, 6.07) is 8.46. The zero-order valence-electron chi connectivity index (χ0n) is 16.6. The first-order valence-electron chi connectivity index (χ1n) is 9.71. The van der Waals surface area contributed by atoms with Gasteiger partial charge in [0.1, 0.15) is 23.6 Å². The van der Waals surface area contributed by atoms with E-state index in [-0.39, 0.29) is 17.1 Å². The van der Waals surface area contributed by atoms with E-state index in [2.05, 4.69) is 15.2 Å². The van der Waals surface area contributed by atoms with Gasteiger partial charge in [0, 0.05) is 38.6 Å². The molecule has 2 aromatic heterocycles. The van der Waals surface area contributed by atoms with Gasteiger partial charge in [0.2, 0.25) is 0 Å². The van der Waals surface area contributed by atoms with Crippen molar-refractivity contribution in [2.24, 2.45) is 0 Å². The van der Waals surface area contributed by atoms with E-state index in [1.165, 1.54) is 3.97 Å². The van der Waals surface area contributed by atoms with Crippen LogP contribution in [0.3, 0.4) is 0 Å². The Labute approximate surface area is 179 Å². The van der Waals surface area contributed by atoms with Crippen LogP contribution in [-0.4, -0.2) is 68.3 Å². The highest BCUT2D eigenvalue weighted by atomic mass is 32.2. The highest BCUT2D eigenvalue weighted by molar-refractivity contribution is 7.90. The van der Waals surface area contributed by atoms with Gasteiger partial charge in [-0.25, -0.2) is 12.4 Å². The minimum Gasteiger partial charge on any atom is -0.486 e. The molecule has 2 N–H and O–H groups in total. The molecule has 0 unspecified atom stereocenters. The molecule has 0 saturated carbocycles. The Hall–Kier alpha value is -3.31. The van der Waals surface area contributed by atoms with Crippen LogP contribution < -0.4 is 19.7 Å². The largest absolute Gasteiger partial charge is 0.486 e. The maximum absolute atomic E-state index is 13.6. The molecule has 1 aromatic carbocycles. The van der Waals surface area contributed by atoms with Crippen LogP contribution in [0.2, 0.25) is 0 Å². The molecule has 0 radical (unpaired) electrons. The fraction of sp³-hybridized carbons (Fsp3) is 0.300. The van der Waals surface area contributed by atoms with E-state index in [0.717, 1.165) is 31.9 Å². The number of ether oxygens (including phenoxy) is 2. The van der Waals surface area contributed by atoms with Crippen LogP contribution in [0.25, 0.3) is 11.0 Å². The Bertz CT molecular complexity index is 1190. The molecule has 11 heteroatoms. The number of piperazine rings is 1. The maximum Gasteiger partial charge on any atom is 0.290 e.